The number of thiophene rings is 1. The highest BCUT2D eigenvalue weighted by molar-refractivity contribution is 7.08. The van der Waals surface area contributed by atoms with Gasteiger partial charge in [-0.15, -0.1) is 0 Å². The summed E-state index contributed by atoms with van der Waals surface area (Å²) in [4.78, 5) is 25.1. The van der Waals surface area contributed by atoms with E-state index in [0.717, 1.165) is 36.3 Å². The number of carbonyl (C=O) groups excluding carboxylic acids is 1. The number of imidazole rings is 1. The van der Waals surface area contributed by atoms with Crippen LogP contribution in [0.4, 0.5) is 0 Å². The number of nitrogens with zero attached hydrogens (tertiary/aromatic N) is 4. The van der Waals surface area contributed by atoms with Crippen molar-refractivity contribution in [1.82, 2.24) is 24.8 Å². The van der Waals surface area contributed by atoms with Gasteiger partial charge in [0, 0.05) is 29.9 Å². The van der Waals surface area contributed by atoms with Crippen molar-refractivity contribution in [3.05, 3.63) is 53.1 Å². The topological polar surface area (TPSA) is 72.7 Å². The van der Waals surface area contributed by atoms with Gasteiger partial charge in [0.15, 0.2) is 0 Å². The van der Waals surface area contributed by atoms with Crippen molar-refractivity contribution >= 4 is 17.2 Å². The maximum Gasteiger partial charge on any atom is 0.252 e. The van der Waals surface area contributed by atoms with E-state index >= 15 is 0 Å². The Morgan fingerprint density at radius 3 is 3.00 bits per heavy atom. The minimum atomic E-state index is -0.0474. The third-order valence-corrected chi connectivity index (χ3v) is 4.71. The molecular formula is C16H15N5OS. The number of amides is 1. The van der Waals surface area contributed by atoms with Crippen LogP contribution in [0.25, 0.3) is 11.3 Å². The van der Waals surface area contributed by atoms with Gasteiger partial charge >= 0.3 is 0 Å². The van der Waals surface area contributed by atoms with Crippen molar-refractivity contribution in [3.8, 4) is 11.3 Å². The Balaban J connectivity index is 1.68. The lowest BCUT2D eigenvalue weighted by Gasteiger charge is -2.26. The average molecular weight is 325 g/mol. The SMILES string of the molecule is O=C(NC1CCCn2cnc(-c3cncnc3)c21)c1ccsc1. The van der Waals surface area contributed by atoms with Crippen LogP contribution in [0, 0.1) is 0 Å². The molecule has 1 amide bonds. The lowest BCUT2D eigenvalue weighted by molar-refractivity contribution is 0.0930. The Morgan fingerprint density at radius 2 is 2.22 bits per heavy atom. The summed E-state index contributed by atoms with van der Waals surface area (Å²) in [7, 11) is 0. The molecule has 0 fully saturated rings. The van der Waals surface area contributed by atoms with Crippen molar-refractivity contribution in [3.63, 3.8) is 0 Å². The first-order chi connectivity index (χ1) is 11.3. The second-order valence-electron chi connectivity index (χ2n) is 5.48. The highest BCUT2D eigenvalue weighted by atomic mass is 32.1. The lowest BCUT2D eigenvalue weighted by atomic mass is 9.99. The van der Waals surface area contributed by atoms with Crippen molar-refractivity contribution in [2.45, 2.75) is 25.4 Å². The second kappa shape index (κ2) is 5.92. The molecule has 116 valence electrons. The maximum atomic E-state index is 12.4. The van der Waals surface area contributed by atoms with Gasteiger partial charge in [0.05, 0.1) is 29.3 Å². The van der Waals surface area contributed by atoms with Crippen LogP contribution in [0.1, 0.15) is 34.9 Å². The second-order valence-corrected chi connectivity index (χ2v) is 6.26. The first kappa shape index (κ1) is 14.1. The molecule has 0 saturated carbocycles. The Kier molecular flexibility index (Phi) is 3.63. The van der Waals surface area contributed by atoms with Crippen LogP contribution >= 0.6 is 11.3 Å². The molecule has 1 N–H and O–H groups in total. The minimum Gasteiger partial charge on any atom is -0.344 e. The largest absolute Gasteiger partial charge is 0.344 e. The van der Waals surface area contributed by atoms with E-state index in [1.165, 1.54) is 17.7 Å². The molecule has 4 heterocycles. The molecule has 4 rings (SSSR count). The zero-order chi connectivity index (χ0) is 15.6. The molecule has 0 spiro atoms. The molecule has 7 heteroatoms. The molecule has 1 unspecified atom stereocenters. The molecule has 0 radical (unpaired) electrons. The Hall–Kier alpha value is -2.54. The summed E-state index contributed by atoms with van der Waals surface area (Å²) < 4.78 is 2.12. The monoisotopic (exact) mass is 325 g/mol. The smallest absolute Gasteiger partial charge is 0.252 e. The van der Waals surface area contributed by atoms with Crippen LogP contribution in [0.5, 0.6) is 0 Å². The van der Waals surface area contributed by atoms with Gasteiger partial charge in [0.1, 0.15) is 6.33 Å². The van der Waals surface area contributed by atoms with E-state index < -0.39 is 0 Å². The number of hydrogen-bond donors (Lipinski definition) is 1. The van der Waals surface area contributed by atoms with Gasteiger partial charge in [-0.3, -0.25) is 4.79 Å². The Bertz CT molecular complexity index is 812. The third kappa shape index (κ3) is 2.63. The molecular weight excluding hydrogens is 310 g/mol. The molecule has 1 aliphatic rings. The minimum absolute atomic E-state index is 0.0406. The van der Waals surface area contributed by atoms with Crippen LogP contribution in [0.3, 0.4) is 0 Å². The fourth-order valence-electron chi connectivity index (χ4n) is 2.96. The van der Waals surface area contributed by atoms with Crippen LogP contribution < -0.4 is 5.32 Å². The fourth-order valence-corrected chi connectivity index (χ4v) is 3.59. The number of hydrogen-bond acceptors (Lipinski definition) is 5. The van der Waals surface area contributed by atoms with Gasteiger partial charge in [0.2, 0.25) is 0 Å². The first-order valence-electron chi connectivity index (χ1n) is 7.46. The molecule has 6 nitrogen and oxygen atoms in total. The molecule has 0 saturated heterocycles. The average Bonchev–Trinajstić information content (AvgIpc) is 3.26. The van der Waals surface area contributed by atoms with E-state index in [4.69, 9.17) is 0 Å². The molecule has 3 aromatic heterocycles. The lowest BCUT2D eigenvalue weighted by Crippen LogP contribution is -2.32. The summed E-state index contributed by atoms with van der Waals surface area (Å²) in [6, 6.07) is 1.79. The fraction of sp³-hybridized carbons (Fsp3) is 0.250. The normalized spacial score (nSPS) is 16.8. The highest BCUT2D eigenvalue weighted by Crippen LogP contribution is 2.32. The zero-order valence-electron chi connectivity index (χ0n) is 12.3. The van der Waals surface area contributed by atoms with E-state index in [9.17, 15) is 4.79 Å². The highest BCUT2D eigenvalue weighted by Gasteiger charge is 2.27. The van der Waals surface area contributed by atoms with Crippen molar-refractivity contribution in [2.75, 3.05) is 0 Å². The van der Waals surface area contributed by atoms with Crippen molar-refractivity contribution in [1.29, 1.82) is 0 Å². The van der Waals surface area contributed by atoms with Gasteiger partial charge in [-0.25, -0.2) is 15.0 Å². The van der Waals surface area contributed by atoms with Crippen molar-refractivity contribution in [2.24, 2.45) is 0 Å². The zero-order valence-corrected chi connectivity index (χ0v) is 13.2. The van der Waals surface area contributed by atoms with Gasteiger partial charge in [-0.1, -0.05) is 0 Å². The van der Waals surface area contributed by atoms with Gasteiger partial charge in [0.25, 0.3) is 5.91 Å². The third-order valence-electron chi connectivity index (χ3n) is 4.02. The number of aryl methyl sites for hydroxylation is 1. The number of fused-ring (bicyclic) bond motifs is 1. The summed E-state index contributed by atoms with van der Waals surface area (Å²) >= 11 is 1.52. The van der Waals surface area contributed by atoms with Crippen LogP contribution in [0.15, 0.2) is 41.9 Å². The van der Waals surface area contributed by atoms with E-state index in [1.807, 2.05) is 23.2 Å². The van der Waals surface area contributed by atoms with Gasteiger partial charge in [-0.05, 0) is 24.3 Å². The molecule has 0 aliphatic carbocycles. The molecule has 1 aliphatic heterocycles. The standard InChI is InChI=1S/C16H15N5OS/c22-16(11-3-5-23-8-11)20-13-2-1-4-21-10-19-14(15(13)21)12-6-17-9-18-7-12/h3,5-10,13H,1-2,4H2,(H,20,22). The predicted octanol–water partition coefficient (Wildman–Crippen LogP) is 2.67. The number of nitrogens with one attached hydrogen (secondary N) is 1. The quantitative estimate of drug-likeness (QED) is 0.803. The van der Waals surface area contributed by atoms with Crippen molar-refractivity contribution < 1.29 is 4.79 Å². The summed E-state index contributed by atoms with van der Waals surface area (Å²) in [6.45, 7) is 0.918. The molecule has 0 aromatic carbocycles. The number of aromatic nitrogens is 4. The van der Waals surface area contributed by atoms with Gasteiger partial charge in [-0.2, -0.15) is 11.3 Å². The maximum absolute atomic E-state index is 12.4. The van der Waals surface area contributed by atoms with E-state index in [2.05, 4.69) is 24.8 Å². The molecule has 0 bridgehead atoms. The number of rotatable bonds is 3. The summed E-state index contributed by atoms with van der Waals surface area (Å²) in [5.41, 5.74) is 3.46. The summed E-state index contributed by atoms with van der Waals surface area (Å²) in [6.07, 6.45) is 8.76. The van der Waals surface area contributed by atoms with Gasteiger partial charge < -0.3 is 9.88 Å². The molecule has 3 aromatic rings. The number of carbonyl (C=O) groups is 1. The Morgan fingerprint density at radius 1 is 1.35 bits per heavy atom. The van der Waals surface area contributed by atoms with Crippen LogP contribution in [-0.2, 0) is 6.54 Å². The predicted molar refractivity (Wildman–Crippen MR) is 87.0 cm³/mol. The molecule has 1 atom stereocenters. The Labute approximate surface area is 137 Å². The first-order valence-corrected chi connectivity index (χ1v) is 8.40. The van der Waals surface area contributed by atoms with E-state index in [1.54, 1.807) is 12.4 Å². The summed E-state index contributed by atoms with van der Waals surface area (Å²) in [5.74, 6) is -0.0406. The summed E-state index contributed by atoms with van der Waals surface area (Å²) in [5, 5.41) is 6.91. The van der Waals surface area contributed by atoms with E-state index in [0.29, 0.717) is 5.56 Å². The van der Waals surface area contributed by atoms with Crippen LogP contribution in [-0.4, -0.2) is 25.4 Å². The molecule has 23 heavy (non-hydrogen) atoms. The van der Waals surface area contributed by atoms with E-state index in [-0.39, 0.29) is 11.9 Å². The van der Waals surface area contributed by atoms with Crippen LogP contribution in [0.2, 0.25) is 0 Å².